The summed E-state index contributed by atoms with van der Waals surface area (Å²) in [7, 11) is 0. The number of hydrogen-bond acceptors (Lipinski definition) is 3. The number of aliphatic carboxylic acids is 1. The maximum absolute atomic E-state index is 12.3. The van der Waals surface area contributed by atoms with E-state index in [1.807, 2.05) is 30.3 Å². The standard InChI is InChI=1S/C16H22N2O3/c17-10-12-7-4-8-13(12)15(19)18-14(16(20)21)9-11-5-2-1-3-6-11/h1-3,5-6,12-14H,4,7-10,17H2,(H,18,19)(H,20,21)/t12?,13?,14-/m1/s1. The number of carboxylic acid groups (broad SMARTS) is 1. The third kappa shape index (κ3) is 4.04. The number of nitrogens with one attached hydrogen (secondary N) is 1. The van der Waals surface area contributed by atoms with Gasteiger partial charge in [-0.05, 0) is 30.9 Å². The van der Waals surface area contributed by atoms with Gasteiger partial charge < -0.3 is 16.2 Å². The van der Waals surface area contributed by atoms with Gasteiger partial charge in [-0.3, -0.25) is 4.79 Å². The Balaban J connectivity index is 1.99. The number of carbonyl (C=O) groups excluding carboxylic acids is 1. The molecule has 1 fully saturated rings. The SMILES string of the molecule is NCC1CCCC1C(=O)N[C@H](Cc1ccccc1)C(=O)O. The fourth-order valence-electron chi connectivity index (χ4n) is 2.99. The van der Waals surface area contributed by atoms with Crippen molar-refractivity contribution in [3.8, 4) is 0 Å². The van der Waals surface area contributed by atoms with Crippen molar-refractivity contribution in [1.29, 1.82) is 0 Å². The highest BCUT2D eigenvalue weighted by Crippen LogP contribution is 2.31. The van der Waals surface area contributed by atoms with Crippen LogP contribution < -0.4 is 11.1 Å². The van der Waals surface area contributed by atoms with Crippen molar-refractivity contribution < 1.29 is 14.7 Å². The van der Waals surface area contributed by atoms with Gasteiger partial charge in [0.25, 0.3) is 0 Å². The molecule has 2 unspecified atom stereocenters. The second-order valence-electron chi connectivity index (χ2n) is 5.62. The fraction of sp³-hybridized carbons (Fsp3) is 0.500. The molecule has 5 nitrogen and oxygen atoms in total. The number of carbonyl (C=O) groups is 2. The van der Waals surface area contributed by atoms with E-state index in [4.69, 9.17) is 5.73 Å². The van der Waals surface area contributed by atoms with Crippen molar-refractivity contribution in [2.24, 2.45) is 17.6 Å². The van der Waals surface area contributed by atoms with Crippen LogP contribution in [0, 0.1) is 11.8 Å². The first-order chi connectivity index (χ1) is 10.1. The summed E-state index contributed by atoms with van der Waals surface area (Å²) >= 11 is 0. The maximum Gasteiger partial charge on any atom is 0.326 e. The van der Waals surface area contributed by atoms with Crippen molar-refractivity contribution in [2.75, 3.05) is 6.54 Å². The van der Waals surface area contributed by atoms with Crippen LogP contribution in [0.15, 0.2) is 30.3 Å². The minimum absolute atomic E-state index is 0.146. The molecule has 1 aliphatic rings. The van der Waals surface area contributed by atoms with Gasteiger partial charge in [0.1, 0.15) is 6.04 Å². The summed E-state index contributed by atoms with van der Waals surface area (Å²) in [6.45, 7) is 0.481. The Bertz CT molecular complexity index is 490. The number of nitrogens with two attached hydrogens (primary N) is 1. The average Bonchev–Trinajstić information content (AvgIpc) is 2.96. The molecule has 1 amide bonds. The number of benzene rings is 1. The lowest BCUT2D eigenvalue weighted by molar-refractivity contribution is -0.142. The summed E-state index contributed by atoms with van der Waals surface area (Å²) in [5, 5.41) is 12.0. The first-order valence-electron chi connectivity index (χ1n) is 7.39. The van der Waals surface area contributed by atoms with Gasteiger partial charge in [-0.15, -0.1) is 0 Å². The molecule has 1 aromatic carbocycles. The van der Waals surface area contributed by atoms with E-state index >= 15 is 0 Å². The quantitative estimate of drug-likeness (QED) is 0.733. The Morgan fingerprint density at radius 1 is 1.29 bits per heavy atom. The van der Waals surface area contributed by atoms with Crippen LogP contribution in [0.1, 0.15) is 24.8 Å². The molecular formula is C16H22N2O3. The van der Waals surface area contributed by atoms with E-state index in [-0.39, 0.29) is 17.7 Å². The molecule has 5 heteroatoms. The van der Waals surface area contributed by atoms with Gasteiger partial charge in [0, 0.05) is 12.3 Å². The van der Waals surface area contributed by atoms with Gasteiger partial charge >= 0.3 is 5.97 Å². The summed E-state index contributed by atoms with van der Waals surface area (Å²) in [5.74, 6) is -1.15. The summed E-state index contributed by atoms with van der Waals surface area (Å²) in [4.78, 5) is 23.7. The van der Waals surface area contributed by atoms with E-state index < -0.39 is 12.0 Å². The number of hydrogen-bond donors (Lipinski definition) is 3. The molecule has 0 aliphatic heterocycles. The first kappa shape index (κ1) is 15.5. The van der Waals surface area contributed by atoms with E-state index in [1.165, 1.54) is 0 Å². The highest BCUT2D eigenvalue weighted by atomic mass is 16.4. The molecule has 0 aromatic heterocycles. The third-order valence-corrected chi connectivity index (χ3v) is 4.20. The van der Waals surface area contributed by atoms with Crippen molar-refractivity contribution in [3.63, 3.8) is 0 Å². The molecule has 3 atom stereocenters. The van der Waals surface area contributed by atoms with Crippen molar-refractivity contribution in [1.82, 2.24) is 5.32 Å². The van der Waals surface area contributed by atoms with Crippen molar-refractivity contribution in [3.05, 3.63) is 35.9 Å². The predicted octanol–water partition coefficient (Wildman–Crippen LogP) is 1.17. The van der Waals surface area contributed by atoms with E-state index in [0.717, 1.165) is 24.8 Å². The summed E-state index contributed by atoms with van der Waals surface area (Å²) in [6, 6.07) is 8.43. The predicted molar refractivity (Wildman–Crippen MR) is 79.6 cm³/mol. The van der Waals surface area contributed by atoms with E-state index in [2.05, 4.69) is 5.32 Å². The van der Waals surface area contributed by atoms with Crippen LogP contribution in [0.4, 0.5) is 0 Å². The highest BCUT2D eigenvalue weighted by molar-refractivity contribution is 5.85. The molecule has 0 saturated heterocycles. The smallest absolute Gasteiger partial charge is 0.326 e. The Hall–Kier alpha value is -1.88. The lowest BCUT2D eigenvalue weighted by atomic mass is 9.94. The Labute approximate surface area is 124 Å². The van der Waals surface area contributed by atoms with Gasteiger partial charge in [0.15, 0.2) is 0 Å². The molecule has 1 aromatic rings. The largest absolute Gasteiger partial charge is 0.480 e. The normalized spacial score (nSPS) is 22.7. The van der Waals surface area contributed by atoms with Crippen LogP contribution in [0.2, 0.25) is 0 Å². The molecule has 2 rings (SSSR count). The fourth-order valence-corrected chi connectivity index (χ4v) is 2.99. The zero-order valence-electron chi connectivity index (χ0n) is 12.0. The molecule has 1 aliphatic carbocycles. The molecule has 0 radical (unpaired) electrons. The van der Waals surface area contributed by atoms with E-state index in [0.29, 0.717) is 13.0 Å². The lowest BCUT2D eigenvalue weighted by Crippen LogP contribution is -2.46. The van der Waals surface area contributed by atoms with Gasteiger partial charge in [0.05, 0.1) is 0 Å². The zero-order valence-corrected chi connectivity index (χ0v) is 12.0. The summed E-state index contributed by atoms with van der Waals surface area (Å²) in [5.41, 5.74) is 6.58. The monoisotopic (exact) mass is 290 g/mol. The third-order valence-electron chi connectivity index (χ3n) is 4.20. The highest BCUT2D eigenvalue weighted by Gasteiger charge is 2.33. The maximum atomic E-state index is 12.3. The van der Waals surface area contributed by atoms with Crippen LogP contribution in [-0.2, 0) is 16.0 Å². The van der Waals surface area contributed by atoms with Crippen LogP contribution in [0.3, 0.4) is 0 Å². The van der Waals surface area contributed by atoms with Gasteiger partial charge in [-0.2, -0.15) is 0 Å². The van der Waals surface area contributed by atoms with Gasteiger partial charge in [0.2, 0.25) is 5.91 Å². The molecule has 0 spiro atoms. The second kappa shape index (κ2) is 7.22. The lowest BCUT2D eigenvalue weighted by Gasteiger charge is -2.21. The molecular weight excluding hydrogens is 268 g/mol. The molecule has 4 N–H and O–H groups in total. The summed E-state index contributed by atoms with van der Waals surface area (Å²) in [6.07, 6.45) is 3.02. The zero-order chi connectivity index (χ0) is 15.2. The van der Waals surface area contributed by atoms with Gasteiger partial charge in [-0.1, -0.05) is 36.8 Å². The van der Waals surface area contributed by atoms with Crippen LogP contribution in [0.5, 0.6) is 0 Å². The number of carboxylic acids is 1. The van der Waals surface area contributed by atoms with E-state index in [1.54, 1.807) is 0 Å². The molecule has 21 heavy (non-hydrogen) atoms. The Morgan fingerprint density at radius 2 is 2.00 bits per heavy atom. The average molecular weight is 290 g/mol. The molecule has 0 bridgehead atoms. The molecule has 1 saturated carbocycles. The Morgan fingerprint density at radius 3 is 2.62 bits per heavy atom. The number of amides is 1. The topological polar surface area (TPSA) is 92.4 Å². The minimum atomic E-state index is -1.01. The summed E-state index contributed by atoms with van der Waals surface area (Å²) < 4.78 is 0. The van der Waals surface area contributed by atoms with E-state index in [9.17, 15) is 14.7 Å². The Kier molecular flexibility index (Phi) is 5.33. The van der Waals surface area contributed by atoms with Crippen LogP contribution in [0.25, 0.3) is 0 Å². The van der Waals surface area contributed by atoms with Gasteiger partial charge in [-0.25, -0.2) is 4.79 Å². The van der Waals surface area contributed by atoms with Crippen LogP contribution in [-0.4, -0.2) is 29.6 Å². The molecule has 114 valence electrons. The molecule has 0 heterocycles. The van der Waals surface area contributed by atoms with Crippen LogP contribution >= 0.6 is 0 Å². The van der Waals surface area contributed by atoms with Crippen molar-refractivity contribution in [2.45, 2.75) is 31.7 Å². The second-order valence-corrected chi connectivity index (χ2v) is 5.62. The minimum Gasteiger partial charge on any atom is -0.480 e. The number of rotatable bonds is 6. The first-order valence-corrected chi connectivity index (χ1v) is 7.39. The van der Waals surface area contributed by atoms with Crippen molar-refractivity contribution >= 4 is 11.9 Å².